The van der Waals surface area contributed by atoms with Crippen LogP contribution < -0.4 is 0 Å². The SMILES string of the molecule is CC(C)(C)[Si](C)(C)OCC(C[C@H](O)[C@H](CO)O[Si](C)(C)C(C)(C)C)O[Si](C)(C)C(C)(C)C. The summed E-state index contributed by atoms with van der Waals surface area (Å²) in [6, 6.07) is 0. The molecule has 8 heteroatoms. The third-order valence-corrected chi connectivity index (χ3v) is 21.6. The van der Waals surface area contributed by atoms with Gasteiger partial charge in [0, 0.05) is 6.42 Å². The first-order valence-electron chi connectivity index (χ1n) is 12.2. The molecule has 0 aromatic rings. The summed E-state index contributed by atoms with van der Waals surface area (Å²) in [6.45, 7) is 33.3. The van der Waals surface area contributed by atoms with E-state index in [2.05, 4.69) is 102 Å². The van der Waals surface area contributed by atoms with Crippen LogP contribution in [0.3, 0.4) is 0 Å². The molecule has 0 aliphatic heterocycles. The van der Waals surface area contributed by atoms with Crippen LogP contribution in [0.2, 0.25) is 54.4 Å². The fourth-order valence-corrected chi connectivity index (χ4v) is 6.20. The van der Waals surface area contributed by atoms with Crippen LogP contribution in [0.1, 0.15) is 68.7 Å². The summed E-state index contributed by atoms with van der Waals surface area (Å²) in [7, 11) is -6.16. The largest absolute Gasteiger partial charge is 0.414 e. The van der Waals surface area contributed by atoms with Gasteiger partial charge in [-0.15, -0.1) is 0 Å². The van der Waals surface area contributed by atoms with Gasteiger partial charge in [-0.25, -0.2) is 0 Å². The summed E-state index contributed by atoms with van der Waals surface area (Å²) in [5.41, 5.74) is 0. The molecule has 0 radical (unpaired) electrons. The van der Waals surface area contributed by atoms with Gasteiger partial charge in [-0.1, -0.05) is 62.3 Å². The molecular formula is C24H56O5Si3. The summed E-state index contributed by atoms with van der Waals surface area (Å²) in [6.07, 6.45) is -1.28. The van der Waals surface area contributed by atoms with E-state index >= 15 is 0 Å². The Morgan fingerprint density at radius 2 is 1.03 bits per heavy atom. The normalized spacial score (nSPS) is 17.9. The lowest BCUT2D eigenvalue weighted by molar-refractivity contribution is -0.0341. The summed E-state index contributed by atoms with van der Waals surface area (Å²) < 4.78 is 19.6. The highest BCUT2D eigenvalue weighted by atomic mass is 28.4. The molecule has 3 atom stereocenters. The predicted octanol–water partition coefficient (Wildman–Crippen LogP) is 6.53. The minimum Gasteiger partial charge on any atom is -0.414 e. The van der Waals surface area contributed by atoms with Gasteiger partial charge in [0.25, 0.3) is 0 Å². The molecule has 0 aliphatic rings. The first-order chi connectivity index (χ1) is 13.9. The van der Waals surface area contributed by atoms with Gasteiger partial charge in [0.05, 0.1) is 31.5 Å². The lowest BCUT2D eigenvalue weighted by Gasteiger charge is -2.43. The molecule has 5 nitrogen and oxygen atoms in total. The van der Waals surface area contributed by atoms with Gasteiger partial charge in [0.1, 0.15) is 0 Å². The van der Waals surface area contributed by atoms with E-state index in [1.165, 1.54) is 0 Å². The molecule has 0 aromatic carbocycles. The van der Waals surface area contributed by atoms with Gasteiger partial charge >= 0.3 is 0 Å². The Labute approximate surface area is 203 Å². The van der Waals surface area contributed by atoms with Gasteiger partial charge < -0.3 is 23.5 Å². The smallest absolute Gasteiger partial charge is 0.192 e. The third-order valence-electron chi connectivity index (χ3n) is 8.07. The van der Waals surface area contributed by atoms with Crippen molar-refractivity contribution < 1.29 is 23.5 Å². The molecule has 0 amide bonds. The average molecular weight is 509 g/mol. The first-order valence-corrected chi connectivity index (χ1v) is 20.9. The van der Waals surface area contributed by atoms with Crippen molar-refractivity contribution in [2.24, 2.45) is 0 Å². The molecule has 1 unspecified atom stereocenters. The van der Waals surface area contributed by atoms with Crippen molar-refractivity contribution in [3.8, 4) is 0 Å². The van der Waals surface area contributed by atoms with Crippen molar-refractivity contribution in [1.29, 1.82) is 0 Å². The lowest BCUT2D eigenvalue weighted by atomic mass is 10.1. The molecule has 2 N–H and O–H groups in total. The van der Waals surface area contributed by atoms with Crippen LogP contribution in [0.25, 0.3) is 0 Å². The van der Waals surface area contributed by atoms with E-state index in [1.807, 2.05) is 0 Å². The molecule has 0 rings (SSSR count). The molecule has 0 bridgehead atoms. The molecule has 0 heterocycles. The number of aliphatic hydroxyl groups is 2. The van der Waals surface area contributed by atoms with Crippen LogP contribution >= 0.6 is 0 Å². The Hall–Kier alpha value is 0.451. The Balaban J connectivity index is 5.66. The van der Waals surface area contributed by atoms with Crippen molar-refractivity contribution in [2.75, 3.05) is 13.2 Å². The monoisotopic (exact) mass is 508 g/mol. The second-order valence-corrected chi connectivity index (χ2v) is 28.3. The highest BCUT2D eigenvalue weighted by Gasteiger charge is 2.44. The van der Waals surface area contributed by atoms with E-state index in [0.717, 1.165) is 0 Å². The van der Waals surface area contributed by atoms with Crippen molar-refractivity contribution in [3.05, 3.63) is 0 Å². The van der Waals surface area contributed by atoms with Crippen LogP contribution in [-0.2, 0) is 13.3 Å². The topological polar surface area (TPSA) is 68.2 Å². The Bertz CT molecular complexity index is 572. The minimum atomic E-state index is -2.13. The summed E-state index contributed by atoms with van der Waals surface area (Å²) in [4.78, 5) is 0. The molecule has 32 heavy (non-hydrogen) atoms. The van der Waals surface area contributed by atoms with E-state index in [0.29, 0.717) is 13.0 Å². The second-order valence-electron chi connectivity index (χ2n) is 14.0. The quantitative estimate of drug-likeness (QED) is 0.310. The van der Waals surface area contributed by atoms with Gasteiger partial charge in [-0.2, -0.15) is 0 Å². The summed E-state index contributed by atoms with van der Waals surface area (Å²) >= 11 is 0. The molecular weight excluding hydrogens is 453 g/mol. The number of aliphatic hydroxyl groups excluding tert-OH is 2. The van der Waals surface area contributed by atoms with Gasteiger partial charge in [-0.3, -0.25) is 0 Å². The zero-order chi connectivity index (χ0) is 26.0. The Kier molecular flexibility index (Phi) is 11.2. The highest BCUT2D eigenvalue weighted by Crippen LogP contribution is 2.40. The van der Waals surface area contributed by atoms with Crippen LogP contribution in [0.5, 0.6) is 0 Å². The van der Waals surface area contributed by atoms with Crippen LogP contribution in [0.15, 0.2) is 0 Å². The maximum atomic E-state index is 11.1. The maximum absolute atomic E-state index is 11.1. The summed E-state index contributed by atoms with van der Waals surface area (Å²) in [5, 5.41) is 21.3. The van der Waals surface area contributed by atoms with E-state index < -0.39 is 37.2 Å². The van der Waals surface area contributed by atoms with E-state index in [1.54, 1.807) is 0 Å². The first kappa shape index (κ1) is 32.5. The van der Waals surface area contributed by atoms with E-state index in [9.17, 15) is 10.2 Å². The zero-order valence-corrected chi connectivity index (χ0v) is 27.0. The van der Waals surface area contributed by atoms with Crippen LogP contribution in [0, 0.1) is 0 Å². The van der Waals surface area contributed by atoms with Crippen molar-refractivity contribution >= 4 is 25.0 Å². The molecule has 0 saturated carbocycles. The van der Waals surface area contributed by atoms with E-state index in [-0.39, 0.29) is 27.8 Å². The number of hydrogen-bond donors (Lipinski definition) is 2. The van der Waals surface area contributed by atoms with Gasteiger partial charge in [0.2, 0.25) is 0 Å². The molecule has 0 saturated heterocycles. The fourth-order valence-electron chi connectivity index (χ4n) is 2.48. The maximum Gasteiger partial charge on any atom is 0.192 e. The van der Waals surface area contributed by atoms with Crippen molar-refractivity contribution in [1.82, 2.24) is 0 Å². The molecule has 0 aliphatic carbocycles. The number of hydrogen-bond acceptors (Lipinski definition) is 5. The molecule has 194 valence electrons. The number of rotatable bonds is 11. The van der Waals surface area contributed by atoms with Crippen molar-refractivity contribution in [3.63, 3.8) is 0 Å². The Morgan fingerprint density at radius 1 is 0.656 bits per heavy atom. The lowest BCUT2D eigenvalue weighted by Crippen LogP contribution is -2.51. The highest BCUT2D eigenvalue weighted by molar-refractivity contribution is 6.75. The fraction of sp³-hybridized carbons (Fsp3) is 1.00. The standard InChI is InChI=1S/C24H56O5Si3/c1-22(2,3)30(10,11)27-18-19(28-31(12,13)23(4,5)6)16-20(26)21(17-25)29-32(14,15)24(7,8)9/h19-21,25-26H,16-18H2,1-15H3/t19?,20-,21-/m0/s1. The molecule has 0 spiro atoms. The van der Waals surface area contributed by atoms with Crippen LogP contribution in [-0.4, -0.2) is 66.7 Å². The Morgan fingerprint density at radius 3 is 1.38 bits per heavy atom. The summed E-state index contributed by atoms with van der Waals surface area (Å²) in [5.74, 6) is 0. The van der Waals surface area contributed by atoms with Gasteiger partial charge in [-0.05, 0) is 54.4 Å². The zero-order valence-electron chi connectivity index (χ0n) is 24.0. The van der Waals surface area contributed by atoms with Crippen LogP contribution in [0.4, 0.5) is 0 Å². The second kappa shape index (κ2) is 11.0. The minimum absolute atomic E-state index is 0.00260. The predicted molar refractivity (Wildman–Crippen MR) is 145 cm³/mol. The third kappa shape index (κ3) is 9.24. The average Bonchev–Trinajstić information content (AvgIpc) is 2.54. The van der Waals surface area contributed by atoms with Crippen molar-refractivity contribution in [2.45, 2.75) is 141 Å². The molecule has 0 fully saturated rings. The van der Waals surface area contributed by atoms with Gasteiger partial charge in [0.15, 0.2) is 25.0 Å². The molecule has 0 aromatic heterocycles. The van der Waals surface area contributed by atoms with E-state index in [4.69, 9.17) is 13.3 Å².